The smallest absolute Gasteiger partial charge is 0.280 e. The minimum atomic E-state index is -2.66. The van der Waals surface area contributed by atoms with Gasteiger partial charge in [-0.05, 0) is 49.7 Å². The first-order valence-electron chi connectivity index (χ1n) is 8.29. The zero-order valence-electron chi connectivity index (χ0n) is 14.6. The topological polar surface area (TPSA) is 51.9 Å². The van der Waals surface area contributed by atoms with Crippen LogP contribution in [-0.4, -0.2) is 20.3 Å². The number of aryl methyl sites for hydroxylation is 1. The molecule has 0 bridgehead atoms. The SMILES string of the molecule is Cc1cc(C(F)F)n(CC(=O)NC(C)c2ccc(-n3cccc3)cc2)n1. The number of carbonyl (C=O) groups is 1. The molecule has 0 saturated carbocycles. The van der Waals surface area contributed by atoms with Gasteiger partial charge in [-0.25, -0.2) is 8.78 Å². The summed E-state index contributed by atoms with van der Waals surface area (Å²) in [4.78, 5) is 12.2. The molecule has 0 saturated heterocycles. The zero-order valence-corrected chi connectivity index (χ0v) is 14.6. The fourth-order valence-electron chi connectivity index (χ4n) is 2.82. The van der Waals surface area contributed by atoms with Crippen molar-refractivity contribution >= 4 is 5.91 Å². The van der Waals surface area contributed by atoms with E-state index in [9.17, 15) is 13.6 Å². The molecule has 0 aliphatic rings. The molecule has 0 aliphatic carbocycles. The van der Waals surface area contributed by atoms with Crippen molar-refractivity contribution in [1.82, 2.24) is 19.7 Å². The molecule has 136 valence electrons. The largest absolute Gasteiger partial charge is 0.348 e. The molecule has 26 heavy (non-hydrogen) atoms. The molecule has 1 N–H and O–H groups in total. The van der Waals surface area contributed by atoms with Crippen molar-refractivity contribution in [3.8, 4) is 5.69 Å². The number of hydrogen-bond acceptors (Lipinski definition) is 2. The Morgan fingerprint density at radius 2 is 1.85 bits per heavy atom. The lowest BCUT2D eigenvalue weighted by atomic mass is 10.1. The summed E-state index contributed by atoms with van der Waals surface area (Å²) in [7, 11) is 0. The van der Waals surface area contributed by atoms with Crippen molar-refractivity contribution in [2.75, 3.05) is 0 Å². The Hall–Kier alpha value is -2.96. The maximum atomic E-state index is 13.0. The number of rotatable bonds is 6. The van der Waals surface area contributed by atoms with Gasteiger partial charge in [0, 0.05) is 18.1 Å². The highest BCUT2D eigenvalue weighted by molar-refractivity contribution is 5.76. The second-order valence-corrected chi connectivity index (χ2v) is 6.14. The minimum absolute atomic E-state index is 0.237. The van der Waals surface area contributed by atoms with Crippen molar-refractivity contribution in [1.29, 1.82) is 0 Å². The molecule has 3 rings (SSSR count). The van der Waals surface area contributed by atoms with Crippen molar-refractivity contribution in [2.45, 2.75) is 32.9 Å². The third-order valence-corrected chi connectivity index (χ3v) is 4.12. The number of amides is 1. The summed E-state index contributed by atoms with van der Waals surface area (Å²) in [6.45, 7) is 3.24. The number of nitrogens with one attached hydrogen (secondary N) is 1. The van der Waals surface area contributed by atoms with Crippen LogP contribution >= 0.6 is 0 Å². The highest BCUT2D eigenvalue weighted by atomic mass is 19.3. The van der Waals surface area contributed by atoms with Gasteiger partial charge in [0.05, 0.1) is 11.7 Å². The maximum Gasteiger partial charge on any atom is 0.280 e. The number of hydrogen-bond donors (Lipinski definition) is 1. The summed E-state index contributed by atoms with van der Waals surface area (Å²) in [5.74, 6) is -0.364. The molecule has 2 aromatic heterocycles. The lowest BCUT2D eigenvalue weighted by Crippen LogP contribution is -2.31. The molecular weight excluding hydrogens is 338 g/mol. The zero-order chi connectivity index (χ0) is 18.7. The lowest BCUT2D eigenvalue weighted by Gasteiger charge is -2.16. The highest BCUT2D eigenvalue weighted by Gasteiger charge is 2.18. The summed E-state index contributed by atoms with van der Waals surface area (Å²) >= 11 is 0. The molecule has 2 heterocycles. The van der Waals surface area contributed by atoms with Gasteiger partial charge >= 0.3 is 0 Å². The fraction of sp³-hybridized carbons (Fsp3) is 0.263. The Morgan fingerprint density at radius 3 is 2.46 bits per heavy atom. The van der Waals surface area contributed by atoms with E-state index in [1.807, 2.05) is 60.3 Å². The number of halogens is 2. The van der Waals surface area contributed by atoms with Crippen LogP contribution in [0.5, 0.6) is 0 Å². The summed E-state index contributed by atoms with van der Waals surface area (Å²) in [5, 5.41) is 6.79. The van der Waals surface area contributed by atoms with Gasteiger partial charge in [-0.2, -0.15) is 5.10 Å². The van der Waals surface area contributed by atoms with Gasteiger partial charge in [0.1, 0.15) is 12.2 Å². The van der Waals surface area contributed by atoms with Crippen LogP contribution in [0.3, 0.4) is 0 Å². The van der Waals surface area contributed by atoms with Crippen LogP contribution in [0, 0.1) is 6.92 Å². The normalized spacial score (nSPS) is 12.3. The molecule has 3 aromatic rings. The van der Waals surface area contributed by atoms with Crippen LogP contribution in [0.15, 0.2) is 54.9 Å². The average molecular weight is 358 g/mol. The van der Waals surface area contributed by atoms with Crippen LogP contribution in [0.4, 0.5) is 8.78 Å². The second kappa shape index (κ2) is 7.51. The van der Waals surface area contributed by atoms with Crippen molar-refractivity contribution in [2.24, 2.45) is 0 Å². The van der Waals surface area contributed by atoms with Gasteiger partial charge in [-0.3, -0.25) is 9.48 Å². The van der Waals surface area contributed by atoms with E-state index in [0.717, 1.165) is 15.9 Å². The molecule has 0 radical (unpaired) electrons. The van der Waals surface area contributed by atoms with E-state index >= 15 is 0 Å². The quantitative estimate of drug-likeness (QED) is 0.729. The van der Waals surface area contributed by atoms with Crippen LogP contribution in [0.25, 0.3) is 5.69 Å². The highest BCUT2D eigenvalue weighted by Crippen LogP contribution is 2.20. The second-order valence-electron chi connectivity index (χ2n) is 6.14. The Kier molecular flexibility index (Phi) is 5.16. The molecule has 1 amide bonds. The number of alkyl halides is 2. The first kappa shape index (κ1) is 17.8. The van der Waals surface area contributed by atoms with Gasteiger partial charge in [-0.15, -0.1) is 0 Å². The molecule has 7 heteroatoms. The van der Waals surface area contributed by atoms with Crippen LogP contribution in [0.2, 0.25) is 0 Å². The predicted molar refractivity (Wildman–Crippen MR) is 94.2 cm³/mol. The molecule has 1 atom stereocenters. The van der Waals surface area contributed by atoms with E-state index in [1.165, 1.54) is 6.07 Å². The Balaban J connectivity index is 1.64. The van der Waals surface area contributed by atoms with E-state index in [1.54, 1.807) is 6.92 Å². The Labute approximate surface area is 150 Å². The summed E-state index contributed by atoms with van der Waals surface area (Å²) in [6, 6.07) is 12.7. The van der Waals surface area contributed by atoms with Crippen molar-refractivity contribution in [3.05, 3.63) is 71.8 Å². The molecule has 0 spiro atoms. The van der Waals surface area contributed by atoms with E-state index in [0.29, 0.717) is 5.69 Å². The number of carbonyl (C=O) groups excluding carboxylic acids is 1. The van der Waals surface area contributed by atoms with E-state index < -0.39 is 6.43 Å². The molecule has 0 fully saturated rings. The standard InChI is InChI=1S/C19H20F2N4O/c1-13-11-17(19(20)21)25(23-13)12-18(26)22-14(2)15-5-7-16(8-6-15)24-9-3-4-10-24/h3-11,14,19H,12H2,1-2H3,(H,22,26). The van der Waals surface area contributed by atoms with Crippen molar-refractivity contribution < 1.29 is 13.6 Å². The molecule has 1 unspecified atom stereocenters. The summed E-state index contributed by atoms with van der Waals surface area (Å²) in [6.07, 6.45) is 1.24. The van der Waals surface area contributed by atoms with Crippen molar-refractivity contribution in [3.63, 3.8) is 0 Å². The molecular formula is C19H20F2N4O. The Bertz CT molecular complexity index is 870. The van der Waals surface area contributed by atoms with Gasteiger partial charge in [-0.1, -0.05) is 12.1 Å². The van der Waals surface area contributed by atoms with Gasteiger partial charge < -0.3 is 9.88 Å². The Morgan fingerprint density at radius 1 is 1.19 bits per heavy atom. The third kappa shape index (κ3) is 3.99. The fourth-order valence-corrected chi connectivity index (χ4v) is 2.82. The minimum Gasteiger partial charge on any atom is -0.348 e. The molecule has 5 nitrogen and oxygen atoms in total. The van der Waals surface area contributed by atoms with Crippen LogP contribution < -0.4 is 5.32 Å². The van der Waals surface area contributed by atoms with Gasteiger partial charge in [0.25, 0.3) is 6.43 Å². The molecule has 0 aliphatic heterocycles. The first-order valence-corrected chi connectivity index (χ1v) is 8.29. The van der Waals surface area contributed by atoms with Crippen LogP contribution in [0.1, 0.15) is 36.3 Å². The first-order chi connectivity index (χ1) is 12.4. The summed E-state index contributed by atoms with van der Waals surface area (Å²) < 4.78 is 29.0. The van der Waals surface area contributed by atoms with E-state index in [-0.39, 0.29) is 24.2 Å². The predicted octanol–water partition coefficient (Wildman–Crippen LogP) is 3.80. The van der Waals surface area contributed by atoms with Gasteiger partial charge in [0.2, 0.25) is 5.91 Å². The summed E-state index contributed by atoms with van der Waals surface area (Å²) in [5.41, 5.74) is 2.16. The van der Waals surface area contributed by atoms with E-state index in [4.69, 9.17) is 0 Å². The lowest BCUT2D eigenvalue weighted by molar-refractivity contribution is -0.122. The van der Waals surface area contributed by atoms with E-state index in [2.05, 4.69) is 10.4 Å². The number of nitrogens with zero attached hydrogens (tertiary/aromatic N) is 3. The number of benzene rings is 1. The maximum absolute atomic E-state index is 13.0. The number of aromatic nitrogens is 3. The van der Waals surface area contributed by atoms with Crippen LogP contribution in [-0.2, 0) is 11.3 Å². The average Bonchev–Trinajstić information content (AvgIpc) is 3.24. The third-order valence-electron chi connectivity index (χ3n) is 4.12. The van der Waals surface area contributed by atoms with Gasteiger partial charge in [0.15, 0.2) is 0 Å². The molecule has 1 aromatic carbocycles. The monoisotopic (exact) mass is 358 g/mol.